The van der Waals surface area contributed by atoms with Crippen LogP contribution in [0.5, 0.6) is 0 Å². The van der Waals surface area contributed by atoms with Gasteiger partial charge in [0.25, 0.3) is 10.0 Å². The van der Waals surface area contributed by atoms with E-state index >= 15 is 0 Å². The van der Waals surface area contributed by atoms with Crippen molar-refractivity contribution in [1.82, 2.24) is 23.9 Å². The normalized spacial score (nSPS) is 20.3. The second-order valence-corrected chi connectivity index (χ2v) is 11.7. The number of ketones is 1. The molecule has 3 heterocycles. The average molecular weight is 549 g/mol. The van der Waals surface area contributed by atoms with Gasteiger partial charge in [-0.25, -0.2) is 17.5 Å². The van der Waals surface area contributed by atoms with Crippen LogP contribution < -0.4 is 0 Å². The first-order chi connectivity index (χ1) is 18.6. The van der Waals surface area contributed by atoms with Crippen LogP contribution >= 0.6 is 0 Å². The molecule has 0 bridgehead atoms. The van der Waals surface area contributed by atoms with E-state index in [9.17, 15) is 17.6 Å². The Morgan fingerprint density at radius 1 is 1.23 bits per heavy atom. The van der Waals surface area contributed by atoms with Gasteiger partial charge >= 0.3 is 0 Å². The van der Waals surface area contributed by atoms with Crippen molar-refractivity contribution in [1.29, 1.82) is 0 Å². The summed E-state index contributed by atoms with van der Waals surface area (Å²) < 4.78 is 45.2. The fourth-order valence-electron chi connectivity index (χ4n) is 5.20. The number of aromatic nitrogens is 4. The van der Waals surface area contributed by atoms with Gasteiger partial charge in [0.2, 0.25) is 0 Å². The number of sulfonamides is 1. The summed E-state index contributed by atoms with van der Waals surface area (Å²) in [4.78, 5) is 18.4. The molecule has 1 aliphatic heterocycles. The van der Waals surface area contributed by atoms with E-state index in [0.29, 0.717) is 12.1 Å². The van der Waals surface area contributed by atoms with Crippen molar-refractivity contribution < 1.29 is 17.6 Å². The molecular weight excluding hydrogens is 519 g/mol. The smallest absolute Gasteiger partial charge is 0.262 e. The Balaban J connectivity index is 1.63. The first-order valence-electron chi connectivity index (χ1n) is 12.5. The van der Waals surface area contributed by atoms with Crippen LogP contribution in [0, 0.1) is 11.2 Å². The zero-order chi connectivity index (χ0) is 27.9. The zero-order valence-corrected chi connectivity index (χ0v) is 22.8. The molecular formula is C28H29FN6O3S. The zero-order valence-electron chi connectivity index (χ0n) is 22.0. The maximum Gasteiger partial charge on any atom is 0.262 e. The number of rotatable bonds is 7. The molecule has 0 N–H and O–H groups in total. The second-order valence-electron chi connectivity index (χ2n) is 9.84. The number of fused-ring (bicyclic) bond motifs is 2. The summed E-state index contributed by atoms with van der Waals surface area (Å²) in [5.41, 5.74) is 2.84. The predicted molar refractivity (Wildman–Crippen MR) is 146 cm³/mol. The Labute approximate surface area is 226 Å². The number of allylic oxidation sites excluding steroid dienone is 4. The van der Waals surface area contributed by atoms with E-state index in [2.05, 4.69) is 21.9 Å². The maximum atomic E-state index is 14.3. The van der Waals surface area contributed by atoms with Gasteiger partial charge in [0.15, 0.2) is 10.8 Å². The van der Waals surface area contributed by atoms with Gasteiger partial charge in [0, 0.05) is 26.3 Å². The maximum absolute atomic E-state index is 14.3. The average Bonchev–Trinajstić information content (AvgIpc) is 3.56. The number of aliphatic imine (C=N–C) groups is 1. The molecule has 1 fully saturated rings. The minimum absolute atomic E-state index is 0.0666. The SMILES string of the molecule is C=N/C(=C\C(C)=C/C)C(=O)[C@]12Cc3cnn(-c4ccc(F)cc4)c3C=C1CCN(S(=O)(=O)c1ccn(C)n1)C2. The van der Waals surface area contributed by atoms with E-state index in [4.69, 9.17) is 0 Å². The molecule has 1 atom stereocenters. The van der Waals surface area contributed by atoms with Crippen LogP contribution in [0.25, 0.3) is 11.8 Å². The number of piperidine rings is 1. The predicted octanol–water partition coefficient (Wildman–Crippen LogP) is 3.89. The van der Waals surface area contributed by atoms with Crippen molar-refractivity contribution >= 4 is 28.6 Å². The van der Waals surface area contributed by atoms with Crippen molar-refractivity contribution in [3.8, 4) is 5.69 Å². The van der Waals surface area contributed by atoms with Gasteiger partial charge < -0.3 is 0 Å². The van der Waals surface area contributed by atoms with E-state index in [1.165, 1.54) is 27.2 Å². The molecule has 0 saturated carbocycles. The van der Waals surface area contributed by atoms with Crippen molar-refractivity contribution in [2.45, 2.75) is 31.7 Å². The van der Waals surface area contributed by atoms with Gasteiger partial charge in [-0.2, -0.15) is 14.5 Å². The summed E-state index contributed by atoms with van der Waals surface area (Å²) in [7, 11) is -2.30. The van der Waals surface area contributed by atoms with E-state index in [0.717, 1.165) is 22.4 Å². The summed E-state index contributed by atoms with van der Waals surface area (Å²) in [5, 5.41) is 8.57. The molecule has 1 aromatic carbocycles. The van der Waals surface area contributed by atoms with Gasteiger partial charge in [0.05, 0.1) is 23.0 Å². The van der Waals surface area contributed by atoms with E-state index in [-0.39, 0.29) is 41.8 Å². The molecule has 0 unspecified atom stereocenters. The van der Waals surface area contributed by atoms with Crippen LogP contribution in [0.1, 0.15) is 31.5 Å². The van der Waals surface area contributed by atoms with Crippen molar-refractivity contribution in [2.75, 3.05) is 13.1 Å². The van der Waals surface area contributed by atoms with Gasteiger partial charge in [-0.1, -0.05) is 17.2 Å². The lowest BCUT2D eigenvalue weighted by molar-refractivity contribution is -0.124. The van der Waals surface area contributed by atoms with Crippen LogP contribution in [0.4, 0.5) is 4.39 Å². The Morgan fingerprint density at radius 2 is 1.97 bits per heavy atom. The van der Waals surface area contributed by atoms with Gasteiger partial charge in [-0.15, -0.1) is 0 Å². The Kier molecular flexibility index (Phi) is 6.81. The van der Waals surface area contributed by atoms with Crippen LogP contribution in [-0.4, -0.2) is 57.9 Å². The molecule has 11 heteroatoms. The number of Topliss-reactive ketones (excluding diaryl/α,β-unsaturated/α-hetero) is 1. The van der Waals surface area contributed by atoms with Crippen LogP contribution in [0.2, 0.25) is 0 Å². The fraction of sp³-hybridized carbons (Fsp3) is 0.286. The molecule has 0 radical (unpaired) electrons. The molecule has 1 aliphatic carbocycles. The minimum atomic E-state index is -3.95. The highest BCUT2D eigenvalue weighted by atomic mass is 32.2. The van der Waals surface area contributed by atoms with Crippen LogP contribution in [0.15, 0.2) is 81.7 Å². The minimum Gasteiger partial charge on any atom is -0.291 e. The topological polar surface area (TPSA) is 102 Å². The summed E-state index contributed by atoms with van der Waals surface area (Å²) in [5.74, 6) is -0.650. The lowest BCUT2D eigenvalue weighted by Gasteiger charge is -2.44. The summed E-state index contributed by atoms with van der Waals surface area (Å²) >= 11 is 0. The number of halogens is 1. The van der Waals surface area contributed by atoms with Gasteiger partial charge in [-0.3, -0.25) is 14.5 Å². The molecule has 39 heavy (non-hydrogen) atoms. The molecule has 1 saturated heterocycles. The Bertz CT molecular complexity index is 1660. The molecule has 202 valence electrons. The third-order valence-electron chi connectivity index (χ3n) is 7.40. The van der Waals surface area contributed by atoms with Gasteiger partial charge in [0.1, 0.15) is 11.5 Å². The molecule has 2 aromatic heterocycles. The summed E-state index contributed by atoms with van der Waals surface area (Å²) in [6, 6.07) is 7.46. The Morgan fingerprint density at radius 3 is 2.62 bits per heavy atom. The fourth-order valence-corrected chi connectivity index (χ4v) is 6.65. The third-order valence-corrected chi connectivity index (χ3v) is 9.14. The number of hydrogen-bond donors (Lipinski definition) is 0. The summed E-state index contributed by atoms with van der Waals surface area (Å²) in [6.07, 6.45) is 9.25. The largest absolute Gasteiger partial charge is 0.291 e. The van der Waals surface area contributed by atoms with Crippen LogP contribution in [0.3, 0.4) is 0 Å². The number of benzene rings is 1. The highest BCUT2D eigenvalue weighted by molar-refractivity contribution is 7.89. The molecule has 0 amide bonds. The number of carbonyl (C=O) groups excluding carboxylic acids is 1. The molecule has 9 nitrogen and oxygen atoms in total. The quantitative estimate of drug-likeness (QED) is 0.253. The number of nitrogens with zero attached hydrogens (tertiary/aromatic N) is 6. The van der Waals surface area contributed by atoms with E-state index in [1.54, 1.807) is 42.3 Å². The van der Waals surface area contributed by atoms with Crippen LogP contribution in [-0.2, 0) is 28.3 Å². The molecule has 3 aromatic rings. The number of aryl methyl sites for hydroxylation is 1. The van der Waals surface area contributed by atoms with Crippen molar-refractivity contribution in [3.63, 3.8) is 0 Å². The molecule has 5 rings (SSSR count). The van der Waals surface area contributed by atoms with Crippen molar-refractivity contribution in [2.24, 2.45) is 17.5 Å². The first-order valence-corrected chi connectivity index (χ1v) is 13.9. The first kappa shape index (κ1) is 26.6. The van der Waals surface area contributed by atoms with E-state index < -0.39 is 15.4 Å². The third kappa shape index (κ3) is 4.61. The number of hydrogen-bond acceptors (Lipinski definition) is 6. The summed E-state index contributed by atoms with van der Waals surface area (Å²) in [6.45, 7) is 7.47. The number of carbonyl (C=O) groups is 1. The lowest BCUT2D eigenvalue weighted by atomic mass is 9.65. The second kappa shape index (κ2) is 9.97. The van der Waals surface area contributed by atoms with E-state index in [1.807, 2.05) is 26.0 Å². The van der Waals surface area contributed by atoms with Gasteiger partial charge in [-0.05, 0) is 81.5 Å². The monoisotopic (exact) mass is 548 g/mol. The molecule has 2 aliphatic rings. The van der Waals surface area contributed by atoms with Crippen molar-refractivity contribution in [3.05, 3.63) is 88.8 Å². The standard InChI is InChI=1S/C28H29FN6O3S/c1-5-19(2)14-24(30-3)27(36)28-16-20-17-31-35(23-8-6-22(29)7-9-23)25(20)15-21(28)10-13-34(18-28)39(37,38)26-11-12-33(4)32-26/h5-9,11-12,14-15,17H,3,10,13,16,18H2,1-2,4H3/b19-5-,24-14-/t28-/m0/s1. The molecule has 0 spiro atoms. The lowest BCUT2D eigenvalue weighted by Crippen LogP contribution is -2.53. The highest BCUT2D eigenvalue weighted by Gasteiger charge is 2.51. The Hall–Kier alpha value is -3.96. The highest BCUT2D eigenvalue weighted by Crippen LogP contribution is 2.47.